The third kappa shape index (κ3) is 4.19. The minimum absolute atomic E-state index is 0.0884. The molecule has 0 unspecified atom stereocenters. The fourth-order valence-electron chi connectivity index (χ4n) is 3.30. The number of pyridine rings is 1. The van der Waals surface area contributed by atoms with Crippen molar-refractivity contribution >= 4 is 48.9 Å². The summed E-state index contributed by atoms with van der Waals surface area (Å²) in [6.45, 7) is 1.83. The Morgan fingerprint density at radius 1 is 1.03 bits per heavy atom. The van der Waals surface area contributed by atoms with E-state index in [1.807, 2.05) is 30.5 Å². The molecular weight excluding hydrogens is 456 g/mol. The van der Waals surface area contributed by atoms with Gasteiger partial charge in [0.05, 0.1) is 24.8 Å². The van der Waals surface area contributed by atoms with E-state index in [1.54, 1.807) is 32.4 Å². The van der Waals surface area contributed by atoms with E-state index in [0.29, 0.717) is 33.3 Å². The van der Waals surface area contributed by atoms with E-state index in [-0.39, 0.29) is 4.90 Å². The highest BCUT2D eigenvalue weighted by Crippen LogP contribution is 2.41. The number of rotatable bonds is 6. The number of aromatic nitrogens is 1. The van der Waals surface area contributed by atoms with Gasteiger partial charge in [0.25, 0.3) is 10.0 Å². The van der Waals surface area contributed by atoms with Crippen LogP contribution in [0.1, 0.15) is 5.69 Å². The number of anilines is 1. The van der Waals surface area contributed by atoms with Crippen LogP contribution in [-0.4, -0.2) is 27.6 Å². The summed E-state index contributed by atoms with van der Waals surface area (Å²) in [5.74, 6) is 1.20. The third-order valence-corrected chi connectivity index (χ3v) is 7.19. The van der Waals surface area contributed by atoms with Crippen molar-refractivity contribution in [2.75, 3.05) is 18.9 Å². The summed E-state index contributed by atoms with van der Waals surface area (Å²) in [6, 6.07) is 13.4. The van der Waals surface area contributed by atoms with Crippen molar-refractivity contribution in [1.82, 2.24) is 4.98 Å². The zero-order chi connectivity index (χ0) is 22.2. The van der Waals surface area contributed by atoms with Gasteiger partial charge in [-0.3, -0.25) is 4.72 Å². The molecule has 2 aromatic heterocycles. The molecule has 0 bridgehead atoms. The summed E-state index contributed by atoms with van der Waals surface area (Å²) in [7, 11) is -0.698. The van der Waals surface area contributed by atoms with Crippen molar-refractivity contribution < 1.29 is 17.9 Å². The largest absolute Gasteiger partial charge is 0.493 e. The zero-order valence-corrected chi connectivity index (χ0v) is 19.4. The summed E-state index contributed by atoms with van der Waals surface area (Å²) < 4.78 is 39.5. The lowest BCUT2D eigenvalue weighted by Crippen LogP contribution is -2.13. The molecule has 0 radical (unpaired) electrons. The first-order valence-corrected chi connectivity index (χ1v) is 12.0. The molecule has 0 aliphatic carbocycles. The number of methoxy groups -OCH3 is 2. The first-order chi connectivity index (χ1) is 14.8. The number of fused-ring (bicyclic) bond motifs is 1. The van der Waals surface area contributed by atoms with E-state index in [0.717, 1.165) is 16.0 Å². The molecule has 6 nitrogen and oxygen atoms in total. The number of nitrogens with zero attached hydrogens (tertiary/aromatic N) is 1. The molecule has 0 spiro atoms. The van der Waals surface area contributed by atoms with Crippen LogP contribution in [0.5, 0.6) is 11.5 Å². The van der Waals surface area contributed by atoms with E-state index in [9.17, 15) is 8.42 Å². The maximum atomic E-state index is 13.0. The molecule has 4 rings (SSSR count). The molecule has 9 heteroatoms. The summed E-state index contributed by atoms with van der Waals surface area (Å²) >= 11 is 7.44. The summed E-state index contributed by atoms with van der Waals surface area (Å²) in [4.78, 5) is 5.40. The summed E-state index contributed by atoms with van der Waals surface area (Å²) in [6.07, 6.45) is 0. The van der Waals surface area contributed by atoms with Gasteiger partial charge in [-0.15, -0.1) is 11.3 Å². The molecular formula is C22H19ClN2O4S2. The van der Waals surface area contributed by atoms with Gasteiger partial charge in [-0.05, 0) is 48.9 Å². The lowest BCUT2D eigenvalue weighted by atomic mass is 10.0. The average Bonchev–Trinajstić information content (AvgIpc) is 3.17. The van der Waals surface area contributed by atoms with Crippen molar-refractivity contribution in [2.45, 2.75) is 11.8 Å². The minimum Gasteiger partial charge on any atom is -0.493 e. The van der Waals surface area contributed by atoms with Crippen molar-refractivity contribution in [3.8, 4) is 22.6 Å². The van der Waals surface area contributed by atoms with Crippen LogP contribution in [0.25, 0.3) is 21.3 Å². The van der Waals surface area contributed by atoms with Crippen LogP contribution in [-0.2, 0) is 10.0 Å². The number of halogens is 1. The molecule has 0 saturated carbocycles. The third-order valence-electron chi connectivity index (χ3n) is 4.72. The number of aryl methyl sites for hydroxylation is 1. The van der Waals surface area contributed by atoms with Crippen LogP contribution < -0.4 is 14.2 Å². The molecule has 0 fully saturated rings. The molecule has 0 saturated heterocycles. The van der Waals surface area contributed by atoms with Crippen molar-refractivity contribution in [3.63, 3.8) is 0 Å². The highest BCUT2D eigenvalue weighted by molar-refractivity contribution is 7.92. The Balaban J connectivity index is 1.86. The molecule has 1 N–H and O–H groups in total. The Labute approximate surface area is 189 Å². The van der Waals surface area contributed by atoms with Gasteiger partial charge in [-0.25, -0.2) is 13.4 Å². The predicted molar refractivity (Wildman–Crippen MR) is 125 cm³/mol. The standard InChI is InChI=1S/C22H19ClN2O4S2/c1-13-9-18(25-31(26,27)16-6-4-5-15(23)11-16)21-17(12-30-22(21)24-13)14-7-8-19(28-2)20(10-14)29-3/h4-12H,1-3H3,(H,24,25). The second kappa shape index (κ2) is 8.37. The molecule has 0 amide bonds. The topological polar surface area (TPSA) is 77.5 Å². The van der Waals surface area contributed by atoms with Gasteiger partial charge in [0.1, 0.15) is 4.83 Å². The molecule has 0 aliphatic heterocycles. The number of benzene rings is 2. The van der Waals surface area contributed by atoms with Gasteiger partial charge in [0, 0.05) is 27.0 Å². The lowest BCUT2D eigenvalue weighted by molar-refractivity contribution is 0.355. The quantitative estimate of drug-likeness (QED) is 0.385. The van der Waals surface area contributed by atoms with E-state index in [4.69, 9.17) is 21.1 Å². The van der Waals surface area contributed by atoms with Gasteiger partial charge < -0.3 is 9.47 Å². The van der Waals surface area contributed by atoms with Crippen LogP contribution in [0.2, 0.25) is 5.02 Å². The second-order valence-corrected chi connectivity index (χ2v) is 9.75. The van der Waals surface area contributed by atoms with E-state index < -0.39 is 10.0 Å². The van der Waals surface area contributed by atoms with E-state index in [1.165, 1.54) is 23.5 Å². The molecule has 31 heavy (non-hydrogen) atoms. The summed E-state index contributed by atoms with van der Waals surface area (Å²) in [5.41, 5.74) is 2.86. The monoisotopic (exact) mass is 474 g/mol. The van der Waals surface area contributed by atoms with Gasteiger partial charge in [-0.2, -0.15) is 0 Å². The molecule has 4 aromatic rings. The van der Waals surface area contributed by atoms with Crippen molar-refractivity contribution in [2.24, 2.45) is 0 Å². The maximum Gasteiger partial charge on any atom is 0.261 e. The van der Waals surface area contributed by atoms with Crippen LogP contribution in [0.15, 0.2) is 58.8 Å². The molecule has 0 atom stereocenters. The number of sulfonamides is 1. The minimum atomic E-state index is -3.85. The van der Waals surface area contributed by atoms with Gasteiger partial charge >= 0.3 is 0 Å². The number of thiophene rings is 1. The van der Waals surface area contributed by atoms with Gasteiger partial charge in [0.15, 0.2) is 11.5 Å². The Morgan fingerprint density at radius 3 is 2.52 bits per heavy atom. The summed E-state index contributed by atoms with van der Waals surface area (Å²) in [5, 5.41) is 3.02. The maximum absolute atomic E-state index is 13.0. The zero-order valence-electron chi connectivity index (χ0n) is 17.0. The average molecular weight is 475 g/mol. The van der Waals surface area contributed by atoms with E-state index >= 15 is 0 Å². The number of nitrogens with one attached hydrogen (secondary N) is 1. The number of hydrogen-bond donors (Lipinski definition) is 1. The normalized spacial score (nSPS) is 11.5. The smallest absolute Gasteiger partial charge is 0.261 e. The highest BCUT2D eigenvalue weighted by atomic mass is 35.5. The van der Waals surface area contributed by atoms with Crippen LogP contribution in [0, 0.1) is 6.92 Å². The van der Waals surface area contributed by atoms with Crippen molar-refractivity contribution in [3.05, 3.63) is 64.6 Å². The Hall–Kier alpha value is -2.81. The first kappa shape index (κ1) is 21.4. The van der Waals surface area contributed by atoms with Gasteiger partial charge in [-0.1, -0.05) is 23.7 Å². The molecule has 160 valence electrons. The number of hydrogen-bond acceptors (Lipinski definition) is 6. The fraction of sp³-hybridized carbons (Fsp3) is 0.136. The first-order valence-electron chi connectivity index (χ1n) is 9.22. The van der Waals surface area contributed by atoms with E-state index in [2.05, 4.69) is 9.71 Å². The van der Waals surface area contributed by atoms with Crippen LogP contribution in [0.3, 0.4) is 0 Å². The Morgan fingerprint density at radius 2 is 1.81 bits per heavy atom. The predicted octanol–water partition coefficient (Wildman–Crippen LogP) is 5.74. The second-order valence-electron chi connectivity index (χ2n) is 6.77. The lowest BCUT2D eigenvalue weighted by Gasteiger charge is -2.13. The SMILES string of the molecule is COc1ccc(-c2csc3nc(C)cc(NS(=O)(=O)c4cccc(Cl)c4)c23)cc1OC. The number of ether oxygens (including phenoxy) is 2. The molecule has 0 aliphatic rings. The molecule has 2 aromatic carbocycles. The molecule has 2 heterocycles. The fourth-order valence-corrected chi connectivity index (χ4v) is 5.68. The Bertz CT molecular complexity index is 1380. The highest BCUT2D eigenvalue weighted by Gasteiger charge is 2.20. The Kier molecular flexibility index (Phi) is 5.79. The van der Waals surface area contributed by atoms with Crippen LogP contribution in [0.4, 0.5) is 5.69 Å². The van der Waals surface area contributed by atoms with Gasteiger partial charge in [0.2, 0.25) is 0 Å². The van der Waals surface area contributed by atoms with Crippen LogP contribution >= 0.6 is 22.9 Å². The van der Waals surface area contributed by atoms with Crippen molar-refractivity contribution in [1.29, 1.82) is 0 Å².